The van der Waals surface area contributed by atoms with Gasteiger partial charge in [0.15, 0.2) is 0 Å². The SMILES string of the molecule is COc1ccc(CN2CCC(Cl)CC2)cc1. The molecule has 0 aliphatic carbocycles. The van der Waals surface area contributed by atoms with Crippen LogP contribution in [-0.2, 0) is 6.54 Å². The minimum Gasteiger partial charge on any atom is -0.497 e. The second-order valence-electron chi connectivity index (χ2n) is 4.30. The molecule has 1 heterocycles. The average molecular weight is 240 g/mol. The lowest BCUT2D eigenvalue weighted by Gasteiger charge is -2.29. The molecule has 0 aromatic heterocycles. The van der Waals surface area contributed by atoms with Gasteiger partial charge in [-0.25, -0.2) is 0 Å². The predicted molar refractivity (Wildman–Crippen MR) is 67.1 cm³/mol. The van der Waals surface area contributed by atoms with E-state index in [1.54, 1.807) is 7.11 Å². The van der Waals surface area contributed by atoms with Gasteiger partial charge in [0, 0.05) is 11.9 Å². The first kappa shape index (κ1) is 11.7. The number of nitrogens with zero attached hydrogens (tertiary/aromatic N) is 1. The molecule has 0 spiro atoms. The highest BCUT2D eigenvalue weighted by Gasteiger charge is 2.16. The third-order valence-electron chi connectivity index (χ3n) is 3.08. The van der Waals surface area contributed by atoms with E-state index in [9.17, 15) is 0 Å². The van der Waals surface area contributed by atoms with E-state index in [1.165, 1.54) is 5.56 Å². The van der Waals surface area contributed by atoms with E-state index in [0.29, 0.717) is 5.38 Å². The van der Waals surface area contributed by atoms with Crippen LogP contribution in [0.2, 0.25) is 0 Å². The molecule has 0 radical (unpaired) electrons. The number of halogens is 1. The first-order valence-corrected chi connectivity index (χ1v) is 6.21. The van der Waals surface area contributed by atoms with Crippen molar-refractivity contribution in [2.45, 2.75) is 24.8 Å². The fraction of sp³-hybridized carbons (Fsp3) is 0.538. The highest BCUT2D eigenvalue weighted by Crippen LogP contribution is 2.18. The van der Waals surface area contributed by atoms with E-state index in [1.807, 2.05) is 12.1 Å². The summed E-state index contributed by atoms with van der Waals surface area (Å²) in [6.45, 7) is 3.24. The van der Waals surface area contributed by atoms with E-state index >= 15 is 0 Å². The predicted octanol–water partition coefficient (Wildman–Crippen LogP) is 2.90. The lowest BCUT2D eigenvalue weighted by Crippen LogP contribution is -2.33. The van der Waals surface area contributed by atoms with E-state index in [-0.39, 0.29) is 0 Å². The van der Waals surface area contributed by atoms with Crippen molar-refractivity contribution >= 4 is 11.6 Å². The molecular weight excluding hydrogens is 222 g/mol. The summed E-state index contributed by atoms with van der Waals surface area (Å²) in [6, 6.07) is 8.30. The van der Waals surface area contributed by atoms with Gasteiger partial charge in [-0.15, -0.1) is 11.6 Å². The Kier molecular flexibility index (Phi) is 4.08. The van der Waals surface area contributed by atoms with E-state index in [2.05, 4.69) is 17.0 Å². The topological polar surface area (TPSA) is 12.5 Å². The standard InChI is InChI=1S/C13H18ClNO/c1-16-13-4-2-11(3-5-13)10-15-8-6-12(14)7-9-15/h2-5,12H,6-10H2,1H3. The number of rotatable bonds is 3. The minimum atomic E-state index is 0.382. The molecule has 0 saturated carbocycles. The number of ether oxygens (including phenoxy) is 1. The fourth-order valence-electron chi connectivity index (χ4n) is 2.05. The second kappa shape index (κ2) is 5.55. The van der Waals surface area contributed by atoms with Crippen molar-refractivity contribution in [3.8, 4) is 5.75 Å². The summed E-state index contributed by atoms with van der Waals surface area (Å²) < 4.78 is 5.14. The molecule has 1 fully saturated rings. The molecule has 16 heavy (non-hydrogen) atoms. The van der Waals surface area contributed by atoms with Crippen molar-refractivity contribution < 1.29 is 4.74 Å². The average Bonchev–Trinajstić information content (AvgIpc) is 2.33. The van der Waals surface area contributed by atoms with Crippen molar-refractivity contribution in [2.75, 3.05) is 20.2 Å². The van der Waals surface area contributed by atoms with Gasteiger partial charge in [0.1, 0.15) is 5.75 Å². The fourth-order valence-corrected chi connectivity index (χ4v) is 2.24. The monoisotopic (exact) mass is 239 g/mol. The van der Waals surface area contributed by atoms with Crippen molar-refractivity contribution in [1.29, 1.82) is 0 Å². The molecular formula is C13H18ClNO. The van der Waals surface area contributed by atoms with Gasteiger partial charge in [-0.05, 0) is 43.6 Å². The Morgan fingerprint density at radius 3 is 2.44 bits per heavy atom. The lowest BCUT2D eigenvalue weighted by molar-refractivity contribution is 0.223. The molecule has 1 aromatic rings. The van der Waals surface area contributed by atoms with Crippen LogP contribution in [0.1, 0.15) is 18.4 Å². The van der Waals surface area contributed by atoms with Crippen LogP contribution in [0.5, 0.6) is 5.75 Å². The molecule has 0 amide bonds. The number of hydrogen-bond donors (Lipinski definition) is 0. The summed E-state index contributed by atoms with van der Waals surface area (Å²) in [5.74, 6) is 0.920. The van der Waals surface area contributed by atoms with Gasteiger partial charge in [0.25, 0.3) is 0 Å². The van der Waals surface area contributed by atoms with Gasteiger partial charge < -0.3 is 4.74 Å². The zero-order valence-corrected chi connectivity index (χ0v) is 10.4. The molecule has 88 valence electrons. The van der Waals surface area contributed by atoms with Gasteiger partial charge in [-0.2, -0.15) is 0 Å². The van der Waals surface area contributed by atoms with Gasteiger partial charge in [0.05, 0.1) is 7.11 Å². The van der Waals surface area contributed by atoms with E-state index < -0.39 is 0 Å². The molecule has 0 atom stereocenters. The van der Waals surface area contributed by atoms with Crippen LogP contribution in [0.3, 0.4) is 0 Å². The highest BCUT2D eigenvalue weighted by molar-refractivity contribution is 6.20. The van der Waals surface area contributed by atoms with Crippen molar-refractivity contribution in [3.05, 3.63) is 29.8 Å². The summed E-state index contributed by atoms with van der Waals surface area (Å²) in [5.41, 5.74) is 1.34. The third kappa shape index (κ3) is 3.13. The smallest absolute Gasteiger partial charge is 0.118 e. The number of hydrogen-bond acceptors (Lipinski definition) is 2. The molecule has 2 rings (SSSR count). The zero-order valence-electron chi connectivity index (χ0n) is 9.66. The number of alkyl halides is 1. The van der Waals surface area contributed by atoms with Gasteiger partial charge in [-0.1, -0.05) is 12.1 Å². The number of likely N-dealkylation sites (tertiary alicyclic amines) is 1. The Labute approximate surface area is 102 Å². The highest BCUT2D eigenvalue weighted by atomic mass is 35.5. The van der Waals surface area contributed by atoms with Crippen LogP contribution in [0.4, 0.5) is 0 Å². The Morgan fingerprint density at radius 2 is 1.88 bits per heavy atom. The van der Waals surface area contributed by atoms with E-state index in [0.717, 1.165) is 38.2 Å². The van der Waals surface area contributed by atoms with Gasteiger partial charge in [-0.3, -0.25) is 4.90 Å². The quantitative estimate of drug-likeness (QED) is 0.753. The number of piperidine rings is 1. The molecule has 0 bridgehead atoms. The molecule has 1 aliphatic rings. The van der Waals surface area contributed by atoms with Gasteiger partial charge >= 0.3 is 0 Å². The Balaban J connectivity index is 1.88. The van der Waals surface area contributed by atoms with Crippen LogP contribution >= 0.6 is 11.6 Å². The van der Waals surface area contributed by atoms with Crippen LogP contribution in [0, 0.1) is 0 Å². The molecule has 1 saturated heterocycles. The molecule has 1 aromatic carbocycles. The first-order valence-electron chi connectivity index (χ1n) is 5.77. The number of benzene rings is 1. The maximum atomic E-state index is 6.08. The van der Waals surface area contributed by atoms with Crippen LogP contribution in [0.15, 0.2) is 24.3 Å². The molecule has 2 nitrogen and oxygen atoms in total. The molecule has 1 aliphatic heterocycles. The maximum absolute atomic E-state index is 6.08. The van der Waals surface area contributed by atoms with Crippen molar-refractivity contribution in [3.63, 3.8) is 0 Å². The summed E-state index contributed by atoms with van der Waals surface area (Å²) in [6.07, 6.45) is 2.22. The minimum absolute atomic E-state index is 0.382. The Bertz CT molecular complexity index is 317. The second-order valence-corrected chi connectivity index (χ2v) is 4.92. The number of methoxy groups -OCH3 is 1. The van der Waals surface area contributed by atoms with Crippen LogP contribution < -0.4 is 4.74 Å². The summed E-state index contributed by atoms with van der Waals surface area (Å²) in [5, 5.41) is 0.382. The summed E-state index contributed by atoms with van der Waals surface area (Å²) in [4.78, 5) is 2.46. The van der Waals surface area contributed by atoms with Crippen molar-refractivity contribution in [2.24, 2.45) is 0 Å². The first-order chi connectivity index (χ1) is 7.78. The zero-order chi connectivity index (χ0) is 11.4. The van der Waals surface area contributed by atoms with Crippen molar-refractivity contribution in [1.82, 2.24) is 4.90 Å². The molecule has 0 N–H and O–H groups in total. The maximum Gasteiger partial charge on any atom is 0.118 e. The third-order valence-corrected chi connectivity index (χ3v) is 3.52. The largest absolute Gasteiger partial charge is 0.497 e. The van der Waals surface area contributed by atoms with Crippen LogP contribution in [0.25, 0.3) is 0 Å². The van der Waals surface area contributed by atoms with Gasteiger partial charge in [0.2, 0.25) is 0 Å². The summed E-state index contributed by atoms with van der Waals surface area (Å²) >= 11 is 6.08. The Hall–Kier alpha value is -0.730. The lowest BCUT2D eigenvalue weighted by atomic mass is 10.1. The van der Waals surface area contributed by atoms with E-state index in [4.69, 9.17) is 16.3 Å². The normalized spacial score (nSPS) is 18.6. The van der Waals surface area contributed by atoms with Crippen LogP contribution in [-0.4, -0.2) is 30.5 Å². The molecule has 3 heteroatoms. The summed E-state index contributed by atoms with van der Waals surface area (Å²) in [7, 11) is 1.69. The molecule has 0 unspecified atom stereocenters. The Morgan fingerprint density at radius 1 is 1.25 bits per heavy atom.